The summed E-state index contributed by atoms with van der Waals surface area (Å²) in [4.78, 5) is 0. The Hall–Kier alpha value is 2.15. The molecule has 0 aromatic carbocycles. The van der Waals surface area contributed by atoms with Gasteiger partial charge in [-0.3, -0.25) is 0 Å². The van der Waals surface area contributed by atoms with E-state index in [1.165, 1.54) is 0 Å². The van der Waals surface area contributed by atoms with Gasteiger partial charge in [-0.2, -0.15) is 0 Å². The van der Waals surface area contributed by atoms with Crippen molar-refractivity contribution in [3.05, 3.63) is 0 Å². The van der Waals surface area contributed by atoms with Gasteiger partial charge in [0.05, 0.1) is 0 Å². The van der Waals surface area contributed by atoms with E-state index in [-0.39, 0.29) is 72.7 Å². The van der Waals surface area contributed by atoms with Crippen molar-refractivity contribution in [1.82, 2.24) is 0 Å². The first-order valence-electron chi connectivity index (χ1n) is 0. The molecular weight excluding hydrogens is 288 g/mol. The molecule has 0 spiro atoms. The molecular formula is Br3Ti+. The second kappa shape index (κ2) is 19.2. The van der Waals surface area contributed by atoms with Crippen LogP contribution in [0, 0.1) is 0 Å². The minimum atomic E-state index is 0. The standard InChI is InChI=1S/3BrH.Ti/h3*1H;/q;;;+4/p-3. The van der Waals surface area contributed by atoms with Crippen molar-refractivity contribution in [2.45, 2.75) is 0 Å². The zero-order valence-electron chi connectivity index (χ0n) is 1.63. The Labute approximate surface area is 71.9 Å². The summed E-state index contributed by atoms with van der Waals surface area (Å²) in [6, 6.07) is 0. The topological polar surface area (TPSA) is 0 Å². The Kier molecular flexibility index (Phi) is 169. The smallest absolute Gasteiger partial charge is 1.00 e. The normalized spacial score (nSPS) is 0. The van der Waals surface area contributed by atoms with Crippen LogP contribution in [0.15, 0.2) is 0 Å². The second-order valence-corrected chi connectivity index (χ2v) is 0. The number of hydrogen-bond donors (Lipinski definition) is 0. The maximum Gasteiger partial charge on any atom is 4.00 e. The van der Waals surface area contributed by atoms with Crippen LogP contribution in [0.1, 0.15) is 0 Å². The molecule has 0 heterocycles. The van der Waals surface area contributed by atoms with Crippen LogP contribution in [0.2, 0.25) is 0 Å². The van der Waals surface area contributed by atoms with Crippen LogP contribution in [0.5, 0.6) is 0 Å². The summed E-state index contributed by atoms with van der Waals surface area (Å²) in [7, 11) is 0. The fraction of sp³-hybridized carbons (Fsp3) is 0. The minimum absolute atomic E-state index is 0. The maximum absolute atomic E-state index is 0. The first kappa shape index (κ1) is 35.2. The number of halogens is 3. The quantitative estimate of drug-likeness (QED) is 0.388. The Bertz CT molecular complexity index is 3.25. The number of rotatable bonds is 0. The Morgan fingerprint density at radius 2 is 0.500 bits per heavy atom. The fourth-order valence-electron chi connectivity index (χ4n) is 0. The van der Waals surface area contributed by atoms with Crippen LogP contribution in [-0.4, -0.2) is 0 Å². The van der Waals surface area contributed by atoms with Gasteiger partial charge in [-0.15, -0.1) is 0 Å². The van der Waals surface area contributed by atoms with Crippen molar-refractivity contribution < 1.29 is 72.7 Å². The zero-order valence-corrected chi connectivity index (χ0v) is 7.95. The van der Waals surface area contributed by atoms with Gasteiger partial charge in [0, 0.05) is 0 Å². The van der Waals surface area contributed by atoms with Crippen LogP contribution in [0.4, 0.5) is 0 Å². The largest absolute Gasteiger partial charge is 4.00 e. The molecule has 0 N–H and O–H groups in total. The number of hydrogen-bond acceptors (Lipinski definition) is 0. The van der Waals surface area contributed by atoms with E-state index < -0.39 is 0 Å². The molecule has 0 unspecified atom stereocenters. The molecule has 0 aliphatic heterocycles. The van der Waals surface area contributed by atoms with E-state index in [1.54, 1.807) is 0 Å². The molecule has 4 heteroatoms. The summed E-state index contributed by atoms with van der Waals surface area (Å²) >= 11 is 0. The summed E-state index contributed by atoms with van der Waals surface area (Å²) in [5.41, 5.74) is 0. The SMILES string of the molecule is [Br-].[Br-].[Br-].[Ti+4]. The molecule has 0 aromatic rings. The maximum atomic E-state index is 0. The van der Waals surface area contributed by atoms with Gasteiger partial charge < -0.3 is 50.9 Å². The van der Waals surface area contributed by atoms with Gasteiger partial charge in [0.15, 0.2) is 0 Å². The molecule has 0 nitrogen and oxygen atoms in total. The minimum Gasteiger partial charge on any atom is -1.00 e. The van der Waals surface area contributed by atoms with E-state index in [2.05, 4.69) is 0 Å². The summed E-state index contributed by atoms with van der Waals surface area (Å²) in [6.45, 7) is 0. The van der Waals surface area contributed by atoms with Gasteiger partial charge in [0.2, 0.25) is 0 Å². The third kappa shape index (κ3) is 8.91. The average molecular weight is 288 g/mol. The van der Waals surface area contributed by atoms with E-state index in [0.717, 1.165) is 0 Å². The molecule has 0 amide bonds. The molecule has 4 heavy (non-hydrogen) atoms. The molecule has 0 aromatic heterocycles. The first-order chi connectivity index (χ1) is 0. The van der Waals surface area contributed by atoms with E-state index >= 15 is 0 Å². The summed E-state index contributed by atoms with van der Waals surface area (Å²) in [6.07, 6.45) is 0. The third-order valence-corrected chi connectivity index (χ3v) is 0. The first-order valence-corrected chi connectivity index (χ1v) is 0. The van der Waals surface area contributed by atoms with E-state index in [4.69, 9.17) is 0 Å². The molecule has 0 aliphatic rings. The van der Waals surface area contributed by atoms with Crippen molar-refractivity contribution in [3.63, 3.8) is 0 Å². The average Bonchev–Trinajstić information content (AvgIpc) is 0. The van der Waals surface area contributed by atoms with E-state index in [0.29, 0.717) is 0 Å². The van der Waals surface area contributed by atoms with Crippen LogP contribution >= 0.6 is 0 Å². The van der Waals surface area contributed by atoms with Crippen molar-refractivity contribution in [2.75, 3.05) is 0 Å². The molecule has 0 aliphatic carbocycles. The molecule has 0 bridgehead atoms. The molecule has 24 valence electrons. The van der Waals surface area contributed by atoms with E-state index in [1.807, 2.05) is 0 Å². The second-order valence-electron chi connectivity index (χ2n) is 0. The van der Waals surface area contributed by atoms with Crippen molar-refractivity contribution in [2.24, 2.45) is 0 Å². The van der Waals surface area contributed by atoms with Crippen molar-refractivity contribution >= 4 is 0 Å². The molecule has 0 atom stereocenters. The Balaban J connectivity index is 0. The third-order valence-electron chi connectivity index (χ3n) is 0. The van der Waals surface area contributed by atoms with Crippen molar-refractivity contribution in [1.29, 1.82) is 0 Å². The molecule has 0 saturated carbocycles. The Morgan fingerprint density at radius 3 is 0.500 bits per heavy atom. The predicted molar refractivity (Wildman–Crippen MR) is 0 cm³/mol. The summed E-state index contributed by atoms with van der Waals surface area (Å²) in [5.74, 6) is 0. The molecule has 0 fully saturated rings. The predicted octanol–water partition coefficient (Wildman–Crippen LogP) is -8.99. The molecule has 0 saturated heterocycles. The van der Waals surface area contributed by atoms with Gasteiger partial charge in [-0.05, 0) is 0 Å². The Morgan fingerprint density at radius 1 is 0.500 bits per heavy atom. The van der Waals surface area contributed by atoms with Crippen molar-refractivity contribution in [3.8, 4) is 0 Å². The van der Waals surface area contributed by atoms with E-state index in [9.17, 15) is 0 Å². The summed E-state index contributed by atoms with van der Waals surface area (Å²) in [5, 5.41) is 0. The van der Waals surface area contributed by atoms with Gasteiger partial charge in [0.25, 0.3) is 0 Å². The molecule has 0 radical (unpaired) electrons. The van der Waals surface area contributed by atoms with Gasteiger partial charge in [0.1, 0.15) is 0 Å². The zero-order chi connectivity index (χ0) is 0. The molecule has 0 rings (SSSR count). The summed E-state index contributed by atoms with van der Waals surface area (Å²) < 4.78 is 0. The van der Waals surface area contributed by atoms with Crippen LogP contribution in [-0.2, 0) is 21.7 Å². The van der Waals surface area contributed by atoms with Gasteiger partial charge in [-0.25, -0.2) is 0 Å². The van der Waals surface area contributed by atoms with Crippen LogP contribution in [0.25, 0.3) is 0 Å². The monoisotopic (exact) mass is 285 g/mol. The van der Waals surface area contributed by atoms with Crippen LogP contribution < -0.4 is 50.9 Å². The fourth-order valence-corrected chi connectivity index (χ4v) is 0. The van der Waals surface area contributed by atoms with Gasteiger partial charge in [-0.1, -0.05) is 0 Å². The van der Waals surface area contributed by atoms with Crippen LogP contribution in [0.3, 0.4) is 0 Å². The van der Waals surface area contributed by atoms with Gasteiger partial charge >= 0.3 is 21.7 Å².